The fraction of sp³-hybridized carbons (Fsp3) is 0.444. The molecule has 13 heavy (non-hydrogen) atoms. The summed E-state index contributed by atoms with van der Waals surface area (Å²) < 4.78 is 1.08. The summed E-state index contributed by atoms with van der Waals surface area (Å²) in [7, 11) is 0. The Labute approximate surface area is 91.7 Å². The lowest BCUT2D eigenvalue weighted by Gasteiger charge is -2.15. The molecule has 1 atom stereocenters. The van der Waals surface area contributed by atoms with Crippen molar-refractivity contribution < 1.29 is 5.11 Å². The highest BCUT2D eigenvalue weighted by Gasteiger charge is 2.06. The third kappa shape index (κ3) is 3.11. The number of pyridine rings is 1. The number of hydrogen-bond acceptors (Lipinski definition) is 3. The minimum Gasteiger partial charge on any atom is -0.394 e. The van der Waals surface area contributed by atoms with Gasteiger partial charge in [-0.25, -0.2) is 4.98 Å². The average Bonchev–Trinajstić information content (AvgIpc) is 2.17. The molecule has 0 aliphatic carbocycles. The lowest BCUT2D eigenvalue weighted by molar-refractivity contribution is 0.271. The minimum atomic E-state index is 0.100. The van der Waals surface area contributed by atoms with E-state index in [0.717, 1.165) is 15.8 Å². The first kappa shape index (κ1) is 10.7. The SMILES string of the molecule is CCC(CO)Nc1ncccc1I. The van der Waals surface area contributed by atoms with Gasteiger partial charge < -0.3 is 10.4 Å². The molecule has 2 N–H and O–H groups in total. The molecule has 0 spiro atoms. The number of nitrogens with zero attached hydrogens (tertiary/aromatic N) is 1. The van der Waals surface area contributed by atoms with Gasteiger partial charge in [0.05, 0.1) is 16.2 Å². The van der Waals surface area contributed by atoms with Gasteiger partial charge in [-0.15, -0.1) is 0 Å². The van der Waals surface area contributed by atoms with E-state index < -0.39 is 0 Å². The van der Waals surface area contributed by atoms with Crippen molar-refractivity contribution in [2.75, 3.05) is 11.9 Å². The van der Waals surface area contributed by atoms with Crippen LogP contribution in [0.1, 0.15) is 13.3 Å². The lowest BCUT2D eigenvalue weighted by Crippen LogP contribution is -2.23. The quantitative estimate of drug-likeness (QED) is 0.833. The van der Waals surface area contributed by atoms with Crippen LogP contribution in [-0.4, -0.2) is 22.7 Å². The third-order valence-corrected chi connectivity index (χ3v) is 2.68. The second-order valence-electron chi connectivity index (χ2n) is 2.77. The van der Waals surface area contributed by atoms with Gasteiger partial charge in [-0.1, -0.05) is 6.92 Å². The van der Waals surface area contributed by atoms with Crippen LogP contribution in [0.5, 0.6) is 0 Å². The Morgan fingerprint density at radius 3 is 3.00 bits per heavy atom. The van der Waals surface area contributed by atoms with E-state index in [4.69, 9.17) is 5.11 Å². The topological polar surface area (TPSA) is 45.1 Å². The number of rotatable bonds is 4. The highest BCUT2D eigenvalue weighted by Crippen LogP contribution is 2.15. The number of anilines is 1. The molecule has 0 aromatic carbocycles. The van der Waals surface area contributed by atoms with E-state index >= 15 is 0 Å². The number of nitrogens with one attached hydrogen (secondary N) is 1. The minimum absolute atomic E-state index is 0.100. The van der Waals surface area contributed by atoms with Gasteiger partial charge in [-0.05, 0) is 41.1 Å². The largest absolute Gasteiger partial charge is 0.394 e. The molecule has 72 valence electrons. The van der Waals surface area contributed by atoms with Crippen molar-refractivity contribution in [2.45, 2.75) is 19.4 Å². The predicted octanol–water partition coefficient (Wildman–Crippen LogP) is 1.87. The Morgan fingerprint density at radius 1 is 1.69 bits per heavy atom. The van der Waals surface area contributed by atoms with Crippen LogP contribution in [0.2, 0.25) is 0 Å². The Hall–Kier alpha value is -0.360. The van der Waals surface area contributed by atoms with Gasteiger partial charge in [-0.3, -0.25) is 0 Å². The van der Waals surface area contributed by atoms with Crippen LogP contribution < -0.4 is 5.32 Å². The standard InChI is InChI=1S/C9H13IN2O/c1-2-7(6-13)12-9-8(10)4-3-5-11-9/h3-5,7,13H,2,6H2,1H3,(H,11,12). The van der Waals surface area contributed by atoms with Crippen molar-refractivity contribution in [1.29, 1.82) is 0 Å². The molecule has 1 unspecified atom stereocenters. The van der Waals surface area contributed by atoms with Crippen LogP contribution in [0.4, 0.5) is 5.82 Å². The number of aliphatic hydroxyl groups is 1. The average molecular weight is 292 g/mol. The van der Waals surface area contributed by atoms with Crippen LogP contribution in [0.3, 0.4) is 0 Å². The van der Waals surface area contributed by atoms with Gasteiger partial charge >= 0.3 is 0 Å². The smallest absolute Gasteiger partial charge is 0.139 e. The van der Waals surface area contributed by atoms with Gasteiger partial charge in [0.1, 0.15) is 5.82 Å². The Balaban J connectivity index is 2.67. The van der Waals surface area contributed by atoms with Crippen LogP contribution in [-0.2, 0) is 0 Å². The number of aliphatic hydroxyl groups excluding tert-OH is 1. The second kappa shape index (κ2) is 5.39. The molecule has 0 aliphatic heterocycles. The molecule has 1 heterocycles. The van der Waals surface area contributed by atoms with E-state index in [9.17, 15) is 0 Å². The van der Waals surface area contributed by atoms with Gasteiger partial charge in [0.15, 0.2) is 0 Å². The highest BCUT2D eigenvalue weighted by atomic mass is 127. The van der Waals surface area contributed by atoms with Crippen LogP contribution in [0.25, 0.3) is 0 Å². The Bertz CT molecular complexity index is 264. The molecule has 0 amide bonds. The molecular formula is C9H13IN2O. The summed E-state index contributed by atoms with van der Waals surface area (Å²) in [6.45, 7) is 2.17. The van der Waals surface area contributed by atoms with Gasteiger partial charge in [0, 0.05) is 6.20 Å². The fourth-order valence-corrected chi connectivity index (χ4v) is 1.46. The molecule has 1 aromatic rings. The van der Waals surface area contributed by atoms with Crippen molar-refractivity contribution in [1.82, 2.24) is 4.98 Å². The summed E-state index contributed by atoms with van der Waals surface area (Å²) in [5, 5.41) is 12.2. The molecule has 0 bridgehead atoms. The van der Waals surface area contributed by atoms with Crippen LogP contribution in [0, 0.1) is 3.57 Å². The Morgan fingerprint density at radius 2 is 2.46 bits per heavy atom. The maximum absolute atomic E-state index is 8.99. The molecule has 0 radical (unpaired) electrons. The summed E-state index contributed by atoms with van der Waals surface area (Å²) >= 11 is 2.22. The molecule has 0 saturated heterocycles. The summed E-state index contributed by atoms with van der Waals surface area (Å²) in [5.41, 5.74) is 0. The number of halogens is 1. The third-order valence-electron chi connectivity index (χ3n) is 1.81. The van der Waals surface area contributed by atoms with Crippen LogP contribution in [0.15, 0.2) is 18.3 Å². The van der Waals surface area contributed by atoms with Crippen molar-refractivity contribution in [3.05, 3.63) is 21.9 Å². The van der Waals surface area contributed by atoms with Crippen molar-refractivity contribution >= 4 is 28.4 Å². The summed E-state index contributed by atoms with van der Waals surface area (Å²) in [6, 6.07) is 3.98. The first-order chi connectivity index (χ1) is 6.27. The fourth-order valence-electron chi connectivity index (χ4n) is 0.962. The summed E-state index contributed by atoms with van der Waals surface area (Å²) in [4.78, 5) is 4.18. The second-order valence-corrected chi connectivity index (χ2v) is 3.93. The summed E-state index contributed by atoms with van der Waals surface area (Å²) in [6.07, 6.45) is 2.64. The first-order valence-corrected chi connectivity index (χ1v) is 5.33. The molecule has 4 heteroatoms. The summed E-state index contributed by atoms with van der Waals surface area (Å²) in [5.74, 6) is 0.851. The van der Waals surface area contributed by atoms with E-state index in [1.165, 1.54) is 0 Å². The van der Waals surface area contributed by atoms with E-state index in [0.29, 0.717) is 0 Å². The maximum Gasteiger partial charge on any atom is 0.139 e. The number of hydrogen-bond donors (Lipinski definition) is 2. The predicted molar refractivity (Wildman–Crippen MR) is 61.7 cm³/mol. The first-order valence-electron chi connectivity index (χ1n) is 4.25. The lowest BCUT2D eigenvalue weighted by atomic mass is 10.2. The van der Waals surface area contributed by atoms with Gasteiger partial charge in [-0.2, -0.15) is 0 Å². The maximum atomic E-state index is 8.99. The van der Waals surface area contributed by atoms with E-state index in [1.807, 2.05) is 19.1 Å². The monoisotopic (exact) mass is 292 g/mol. The van der Waals surface area contributed by atoms with Crippen LogP contribution >= 0.6 is 22.6 Å². The van der Waals surface area contributed by atoms with E-state index in [2.05, 4.69) is 32.9 Å². The number of aromatic nitrogens is 1. The normalized spacial score (nSPS) is 12.5. The molecule has 3 nitrogen and oxygen atoms in total. The van der Waals surface area contributed by atoms with Crippen molar-refractivity contribution in [2.24, 2.45) is 0 Å². The Kier molecular flexibility index (Phi) is 4.44. The zero-order valence-electron chi connectivity index (χ0n) is 7.50. The molecule has 0 saturated carbocycles. The molecule has 0 fully saturated rings. The zero-order valence-corrected chi connectivity index (χ0v) is 9.65. The highest BCUT2D eigenvalue weighted by molar-refractivity contribution is 14.1. The van der Waals surface area contributed by atoms with E-state index in [-0.39, 0.29) is 12.6 Å². The zero-order chi connectivity index (χ0) is 9.68. The molecule has 1 aromatic heterocycles. The van der Waals surface area contributed by atoms with Gasteiger partial charge in [0.2, 0.25) is 0 Å². The molecular weight excluding hydrogens is 279 g/mol. The van der Waals surface area contributed by atoms with Crippen molar-refractivity contribution in [3.63, 3.8) is 0 Å². The molecule has 0 aliphatic rings. The van der Waals surface area contributed by atoms with Gasteiger partial charge in [0.25, 0.3) is 0 Å². The van der Waals surface area contributed by atoms with E-state index in [1.54, 1.807) is 6.20 Å². The molecule has 1 rings (SSSR count). The van der Waals surface area contributed by atoms with Crippen molar-refractivity contribution in [3.8, 4) is 0 Å².